The molecule has 2 aromatic carbocycles. The quantitative estimate of drug-likeness (QED) is 0.662. The van der Waals surface area contributed by atoms with E-state index in [0.717, 1.165) is 0 Å². The van der Waals surface area contributed by atoms with Crippen molar-refractivity contribution >= 4 is 11.4 Å². The average Bonchev–Trinajstić information content (AvgIpc) is 2.39. The number of para-hydroxylation sites is 1. The maximum atomic E-state index is 13.0. The number of rotatable bonds is 5. The third-order valence-corrected chi connectivity index (χ3v) is 2.74. The molecule has 4 nitrogen and oxygen atoms in total. The summed E-state index contributed by atoms with van der Waals surface area (Å²) < 4.78 is 13.0. The molecule has 0 aliphatic rings. The predicted octanol–water partition coefficient (Wildman–Crippen LogP) is 3.39. The lowest BCUT2D eigenvalue weighted by Crippen LogP contribution is -2.06. The van der Waals surface area contributed by atoms with Gasteiger partial charge < -0.3 is 5.32 Å². The molecule has 0 amide bonds. The molecule has 0 saturated heterocycles. The Morgan fingerprint density at radius 3 is 2.68 bits per heavy atom. The number of anilines is 1. The Bertz CT molecular complexity index is 587. The van der Waals surface area contributed by atoms with Crippen LogP contribution in [0.25, 0.3) is 0 Å². The summed E-state index contributed by atoms with van der Waals surface area (Å²) in [6.45, 7) is 0.508. The van der Waals surface area contributed by atoms with Gasteiger partial charge in [-0.2, -0.15) is 0 Å². The lowest BCUT2D eigenvalue weighted by Gasteiger charge is -2.06. The van der Waals surface area contributed by atoms with Gasteiger partial charge in [-0.3, -0.25) is 10.1 Å². The van der Waals surface area contributed by atoms with Crippen molar-refractivity contribution in [2.45, 2.75) is 6.42 Å². The molecule has 0 heterocycles. The first kappa shape index (κ1) is 13.0. The second-order valence-electron chi connectivity index (χ2n) is 4.07. The standard InChI is InChI=1S/C14H13FN2O2/c15-12-5-3-6-13(10-12)16-9-8-11-4-1-2-7-14(11)17(18)19/h1-7,10,16H,8-9H2. The maximum absolute atomic E-state index is 13.0. The summed E-state index contributed by atoms with van der Waals surface area (Å²) in [5.74, 6) is -0.310. The number of nitrogens with one attached hydrogen (secondary N) is 1. The van der Waals surface area contributed by atoms with Crippen LogP contribution in [0.1, 0.15) is 5.56 Å². The van der Waals surface area contributed by atoms with Crippen molar-refractivity contribution < 1.29 is 9.31 Å². The second-order valence-corrected chi connectivity index (χ2v) is 4.07. The molecule has 0 spiro atoms. The molecule has 0 aliphatic heterocycles. The van der Waals surface area contributed by atoms with Crippen LogP contribution in [0.15, 0.2) is 48.5 Å². The Morgan fingerprint density at radius 2 is 1.95 bits per heavy atom. The zero-order chi connectivity index (χ0) is 13.7. The van der Waals surface area contributed by atoms with Crippen molar-refractivity contribution in [2.24, 2.45) is 0 Å². The van der Waals surface area contributed by atoms with E-state index in [4.69, 9.17) is 0 Å². The number of nitrogens with zero attached hydrogens (tertiary/aromatic N) is 1. The van der Waals surface area contributed by atoms with Crippen molar-refractivity contribution in [1.29, 1.82) is 0 Å². The van der Waals surface area contributed by atoms with Crippen LogP contribution >= 0.6 is 0 Å². The van der Waals surface area contributed by atoms with E-state index < -0.39 is 4.92 Å². The van der Waals surface area contributed by atoms with Crippen LogP contribution in [0.2, 0.25) is 0 Å². The van der Waals surface area contributed by atoms with Crippen LogP contribution < -0.4 is 5.32 Å². The van der Waals surface area contributed by atoms with Crippen LogP contribution in [-0.2, 0) is 6.42 Å². The molecule has 0 aliphatic carbocycles. The highest BCUT2D eigenvalue weighted by molar-refractivity contribution is 5.44. The number of nitro groups is 1. The Kier molecular flexibility index (Phi) is 4.07. The molecule has 0 unspecified atom stereocenters. The van der Waals surface area contributed by atoms with Crippen LogP contribution in [0.4, 0.5) is 15.8 Å². The number of hydrogen-bond donors (Lipinski definition) is 1. The molecular weight excluding hydrogens is 247 g/mol. The summed E-state index contributed by atoms with van der Waals surface area (Å²) in [4.78, 5) is 10.4. The molecule has 0 bridgehead atoms. The molecule has 0 aromatic heterocycles. The fourth-order valence-corrected chi connectivity index (χ4v) is 1.84. The molecular formula is C14H13FN2O2. The summed E-state index contributed by atoms with van der Waals surface area (Å²) in [5, 5.41) is 13.9. The molecule has 19 heavy (non-hydrogen) atoms. The van der Waals surface area contributed by atoms with Gasteiger partial charge in [-0.1, -0.05) is 24.3 Å². The molecule has 0 atom stereocenters. The van der Waals surface area contributed by atoms with E-state index in [-0.39, 0.29) is 11.5 Å². The smallest absolute Gasteiger partial charge is 0.272 e. The normalized spacial score (nSPS) is 10.2. The Balaban J connectivity index is 1.98. The minimum Gasteiger partial charge on any atom is -0.385 e. The average molecular weight is 260 g/mol. The van der Waals surface area contributed by atoms with Gasteiger partial charge in [0.25, 0.3) is 5.69 Å². The summed E-state index contributed by atoms with van der Waals surface area (Å²) in [7, 11) is 0. The molecule has 0 saturated carbocycles. The van der Waals surface area contributed by atoms with E-state index in [1.807, 2.05) is 0 Å². The zero-order valence-corrected chi connectivity index (χ0v) is 10.2. The van der Waals surface area contributed by atoms with Crippen molar-refractivity contribution in [1.82, 2.24) is 0 Å². The lowest BCUT2D eigenvalue weighted by atomic mass is 10.1. The molecule has 1 N–H and O–H groups in total. The first-order valence-corrected chi connectivity index (χ1v) is 5.88. The largest absolute Gasteiger partial charge is 0.385 e. The van der Waals surface area contributed by atoms with Crippen LogP contribution in [0.5, 0.6) is 0 Å². The van der Waals surface area contributed by atoms with Gasteiger partial charge >= 0.3 is 0 Å². The van der Waals surface area contributed by atoms with E-state index in [0.29, 0.717) is 24.2 Å². The van der Waals surface area contributed by atoms with Crippen LogP contribution in [-0.4, -0.2) is 11.5 Å². The van der Waals surface area contributed by atoms with Gasteiger partial charge in [-0.25, -0.2) is 4.39 Å². The highest BCUT2D eigenvalue weighted by atomic mass is 19.1. The lowest BCUT2D eigenvalue weighted by molar-refractivity contribution is -0.385. The third kappa shape index (κ3) is 3.51. The number of hydrogen-bond acceptors (Lipinski definition) is 3. The van der Waals surface area contributed by atoms with Crippen molar-refractivity contribution in [3.63, 3.8) is 0 Å². The Labute approximate surface area is 110 Å². The first-order chi connectivity index (χ1) is 9.16. The van der Waals surface area contributed by atoms with Gasteiger partial charge in [-0.05, 0) is 24.6 Å². The van der Waals surface area contributed by atoms with E-state index in [9.17, 15) is 14.5 Å². The monoisotopic (exact) mass is 260 g/mol. The second kappa shape index (κ2) is 5.95. The van der Waals surface area contributed by atoms with Crippen molar-refractivity contribution in [3.05, 3.63) is 70.0 Å². The Morgan fingerprint density at radius 1 is 1.16 bits per heavy atom. The van der Waals surface area contributed by atoms with Gasteiger partial charge in [0.15, 0.2) is 0 Å². The topological polar surface area (TPSA) is 55.2 Å². The highest BCUT2D eigenvalue weighted by Gasteiger charge is 2.11. The molecule has 2 rings (SSSR count). The minimum atomic E-state index is -0.391. The summed E-state index contributed by atoms with van der Waals surface area (Å²) in [5.41, 5.74) is 1.44. The van der Waals surface area contributed by atoms with Gasteiger partial charge in [0.1, 0.15) is 5.82 Å². The minimum absolute atomic E-state index is 0.114. The van der Waals surface area contributed by atoms with Gasteiger partial charge in [0.05, 0.1) is 4.92 Å². The van der Waals surface area contributed by atoms with Gasteiger partial charge in [0, 0.05) is 23.9 Å². The van der Waals surface area contributed by atoms with Gasteiger partial charge in [0.2, 0.25) is 0 Å². The SMILES string of the molecule is O=[N+]([O-])c1ccccc1CCNc1cccc(F)c1. The first-order valence-electron chi connectivity index (χ1n) is 5.88. The van der Waals surface area contributed by atoms with Crippen LogP contribution in [0.3, 0.4) is 0 Å². The fraction of sp³-hybridized carbons (Fsp3) is 0.143. The number of halogens is 1. The van der Waals surface area contributed by atoms with E-state index >= 15 is 0 Å². The predicted molar refractivity (Wildman–Crippen MR) is 71.7 cm³/mol. The Hall–Kier alpha value is -2.43. The van der Waals surface area contributed by atoms with E-state index in [2.05, 4.69) is 5.32 Å². The number of nitro benzene ring substituents is 1. The van der Waals surface area contributed by atoms with Crippen molar-refractivity contribution in [3.8, 4) is 0 Å². The summed E-state index contributed by atoms with van der Waals surface area (Å²) >= 11 is 0. The molecule has 0 radical (unpaired) electrons. The molecule has 5 heteroatoms. The number of benzene rings is 2. The van der Waals surface area contributed by atoms with Crippen molar-refractivity contribution in [2.75, 3.05) is 11.9 Å². The fourth-order valence-electron chi connectivity index (χ4n) is 1.84. The maximum Gasteiger partial charge on any atom is 0.272 e. The summed E-state index contributed by atoms with van der Waals surface area (Å²) in [6.07, 6.45) is 0.508. The van der Waals surface area contributed by atoms with Gasteiger partial charge in [-0.15, -0.1) is 0 Å². The van der Waals surface area contributed by atoms with E-state index in [1.54, 1.807) is 30.3 Å². The molecule has 2 aromatic rings. The zero-order valence-electron chi connectivity index (χ0n) is 10.2. The molecule has 98 valence electrons. The third-order valence-electron chi connectivity index (χ3n) is 2.74. The molecule has 0 fully saturated rings. The summed E-state index contributed by atoms with van der Waals surface area (Å²) in [6, 6.07) is 12.7. The van der Waals surface area contributed by atoms with Crippen LogP contribution in [0, 0.1) is 15.9 Å². The van der Waals surface area contributed by atoms with E-state index in [1.165, 1.54) is 18.2 Å². The highest BCUT2D eigenvalue weighted by Crippen LogP contribution is 2.18.